The highest BCUT2D eigenvalue weighted by molar-refractivity contribution is 5.83. The Bertz CT molecular complexity index is 718. The van der Waals surface area contributed by atoms with Gasteiger partial charge in [-0.1, -0.05) is 66.7 Å². The number of nitrogens with one attached hydrogen (secondary N) is 1. The predicted molar refractivity (Wildman–Crippen MR) is 90.4 cm³/mol. The first-order valence-corrected chi connectivity index (χ1v) is 7.54. The molecule has 0 heterocycles. The third-order valence-electron chi connectivity index (χ3n) is 4.07. The summed E-state index contributed by atoms with van der Waals surface area (Å²) in [6.45, 7) is 4.44. The van der Waals surface area contributed by atoms with Gasteiger partial charge in [0.25, 0.3) is 0 Å². The van der Waals surface area contributed by atoms with Gasteiger partial charge in [-0.05, 0) is 41.8 Å². The van der Waals surface area contributed by atoms with Gasteiger partial charge in [0.1, 0.15) is 0 Å². The Morgan fingerprint density at radius 1 is 0.619 bits per heavy atom. The number of hydrogen-bond acceptors (Lipinski definition) is 1. The lowest BCUT2D eigenvalue weighted by Crippen LogP contribution is -2.22. The van der Waals surface area contributed by atoms with Crippen LogP contribution in [0, 0.1) is 0 Å². The third kappa shape index (κ3) is 3.14. The lowest BCUT2D eigenvalue weighted by molar-refractivity contribution is 0.495. The average molecular weight is 275 g/mol. The van der Waals surface area contributed by atoms with Crippen LogP contribution in [0.15, 0.2) is 72.8 Å². The van der Waals surface area contributed by atoms with Crippen molar-refractivity contribution in [1.82, 2.24) is 5.32 Å². The second-order valence-electron chi connectivity index (χ2n) is 5.63. The van der Waals surface area contributed by atoms with Crippen LogP contribution in [-0.4, -0.2) is 0 Å². The Balaban J connectivity index is 1.79. The minimum Gasteiger partial charge on any atom is -0.304 e. The summed E-state index contributed by atoms with van der Waals surface area (Å²) in [4.78, 5) is 0. The zero-order valence-corrected chi connectivity index (χ0v) is 12.6. The summed E-state index contributed by atoms with van der Waals surface area (Å²) in [5.41, 5.74) is 2.65. The lowest BCUT2D eigenvalue weighted by Gasteiger charge is -2.21. The van der Waals surface area contributed by atoms with Crippen LogP contribution < -0.4 is 5.32 Å². The first kappa shape index (κ1) is 13.8. The van der Waals surface area contributed by atoms with Crippen LogP contribution in [0.25, 0.3) is 10.8 Å². The van der Waals surface area contributed by atoms with Crippen LogP contribution in [0.4, 0.5) is 0 Å². The summed E-state index contributed by atoms with van der Waals surface area (Å²) >= 11 is 0. The standard InChI is InChI=1S/C20H21N/c1-15(17-8-4-3-5-9-17)21-16(2)19-13-12-18-10-6-7-11-20(18)14-19/h3-16,21H,1-2H3/t15-,16-/m0/s1. The van der Waals surface area contributed by atoms with E-state index in [1.807, 2.05) is 0 Å². The molecule has 3 aromatic rings. The Kier molecular flexibility index (Phi) is 4.03. The van der Waals surface area contributed by atoms with E-state index in [0.717, 1.165) is 0 Å². The normalized spacial score (nSPS) is 14.0. The van der Waals surface area contributed by atoms with E-state index in [-0.39, 0.29) is 0 Å². The maximum atomic E-state index is 3.68. The van der Waals surface area contributed by atoms with Crippen molar-refractivity contribution in [3.8, 4) is 0 Å². The maximum Gasteiger partial charge on any atom is 0.0297 e. The van der Waals surface area contributed by atoms with E-state index in [2.05, 4.69) is 92.0 Å². The number of hydrogen-bond donors (Lipinski definition) is 1. The average Bonchev–Trinajstić information content (AvgIpc) is 2.55. The second-order valence-corrected chi connectivity index (χ2v) is 5.63. The summed E-state index contributed by atoms with van der Waals surface area (Å²) in [6.07, 6.45) is 0. The number of rotatable bonds is 4. The highest BCUT2D eigenvalue weighted by atomic mass is 14.9. The summed E-state index contributed by atoms with van der Waals surface area (Å²) in [5, 5.41) is 6.27. The van der Waals surface area contributed by atoms with Crippen molar-refractivity contribution < 1.29 is 0 Å². The first-order valence-electron chi connectivity index (χ1n) is 7.54. The van der Waals surface area contributed by atoms with Crippen LogP contribution in [0.3, 0.4) is 0 Å². The van der Waals surface area contributed by atoms with Crippen molar-refractivity contribution in [1.29, 1.82) is 0 Å². The van der Waals surface area contributed by atoms with Gasteiger partial charge in [0.15, 0.2) is 0 Å². The third-order valence-corrected chi connectivity index (χ3v) is 4.07. The van der Waals surface area contributed by atoms with E-state index in [1.165, 1.54) is 21.9 Å². The van der Waals surface area contributed by atoms with Crippen LogP contribution in [0.1, 0.15) is 37.1 Å². The summed E-state index contributed by atoms with van der Waals surface area (Å²) < 4.78 is 0. The fourth-order valence-corrected chi connectivity index (χ4v) is 2.79. The summed E-state index contributed by atoms with van der Waals surface area (Å²) in [6, 6.07) is 26.5. The maximum absolute atomic E-state index is 3.68. The molecule has 0 aliphatic rings. The molecule has 0 unspecified atom stereocenters. The molecule has 0 saturated heterocycles. The predicted octanol–water partition coefficient (Wildman–Crippen LogP) is 5.25. The van der Waals surface area contributed by atoms with E-state index < -0.39 is 0 Å². The molecule has 2 atom stereocenters. The van der Waals surface area contributed by atoms with Gasteiger partial charge < -0.3 is 5.32 Å². The molecule has 3 aromatic carbocycles. The zero-order valence-electron chi connectivity index (χ0n) is 12.6. The highest BCUT2D eigenvalue weighted by Gasteiger charge is 2.11. The van der Waals surface area contributed by atoms with Gasteiger partial charge in [-0.2, -0.15) is 0 Å². The summed E-state index contributed by atoms with van der Waals surface area (Å²) in [5.74, 6) is 0. The van der Waals surface area contributed by atoms with Crippen LogP contribution >= 0.6 is 0 Å². The highest BCUT2D eigenvalue weighted by Crippen LogP contribution is 2.23. The van der Waals surface area contributed by atoms with E-state index in [1.54, 1.807) is 0 Å². The molecule has 106 valence electrons. The largest absolute Gasteiger partial charge is 0.304 e. The zero-order chi connectivity index (χ0) is 14.7. The molecule has 0 aliphatic carbocycles. The van der Waals surface area contributed by atoms with Crippen molar-refractivity contribution in [2.45, 2.75) is 25.9 Å². The van der Waals surface area contributed by atoms with Gasteiger partial charge in [-0.3, -0.25) is 0 Å². The Morgan fingerprint density at radius 3 is 2.00 bits per heavy atom. The van der Waals surface area contributed by atoms with Crippen molar-refractivity contribution >= 4 is 10.8 Å². The van der Waals surface area contributed by atoms with Gasteiger partial charge in [0.05, 0.1) is 0 Å². The fourth-order valence-electron chi connectivity index (χ4n) is 2.79. The van der Waals surface area contributed by atoms with Gasteiger partial charge in [0.2, 0.25) is 0 Å². The molecule has 1 heteroatoms. The van der Waals surface area contributed by atoms with Gasteiger partial charge in [0, 0.05) is 12.1 Å². The Labute approximate surface area is 126 Å². The fraction of sp³-hybridized carbons (Fsp3) is 0.200. The second kappa shape index (κ2) is 6.11. The van der Waals surface area contributed by atoms with Crippen molar-refractivity contribution in [2.75, 3.05) is 0 Å². The first-order chi connectivity index (χ1) is 10.2. The smallest absolute Gasteiger partial charge is 0.0297 e. The molecule has 0 spiro atoms. The van der Waals surface area contributed by atoms with Gasteiger partial charge >= 0.3 is 0 Å². The molecular formula is C20H21N. The van der Waals surface area contributed by atoms with E-state index in [4.69, 9.17) is 0 Å². The molecular weight excluding hydrogens is 254 g/mol. The van der Waals surface area contributed by atoms with Crippen LogP contribution in [0.5, 0.6) is 0 Å². The molecule has 0 fully saturated rings. The van der Waals surface area contributed by atoms with E-state index in [0.29, 0.717) is 12.1 Å². The molecule has 21 heavy (non-hydrogen) atoms. The quantitative estimate of drug-likeness (QED) is 0.685. The molecule has 0 radical (unpaired) electrons. The minimum atomic E-state index is 0.324. The topological polar surface area (TPSA) is 12.0 Å². The van der Waals surface area contributed by atoms with Gasteiger partial charge in [-0.25, -0.2) is 0 Å². The molecule has 3 rings (SSSR count). The molecule has 1 nitrogen and oxygen atoms in total. The van der Waals surface area contributed by atoms with Crippen LogP contribution in [0.2, 0.25) is 0 Å². The SMILES string of the molecule is C[C@H](N[C@@H](C)c1ccc2ccccc2c1)c1ccccc1. The molecule has 0 saturated carbocycles. The molecule has 0 bridgehead atoms. The number of benzene rings is 3. The lowest BCUT2D eigenvalue weighted by atomic mass is 10.0. The Hall–Kier alpha value is -2.12. The van der Waals surface area contributed by atoms with Crippen LogP contribution in [-0.2, 0) is 0 Å². The summed E-state index contributed by atoms with van der Waals surface area (Å²) in [7, 11) is 0. The minimum absolute atomic E-state index is 0.324. The number of fused-ring (bicyclic) bond motifs is 1. The molecule has 0 aliphatic heterocycles. The van der Waals surface area contributed by atoms with Crippen molar-refractivity contribution in [2.24, 2.45) is 0 Å². The molecule has 1 N–H and O–H groups in total. The molecule has 0 amide bonds. The molecule has 0 aromatic heterocycles. The Morgan fingerprint density at radius 2 is 1.24 bits per heavy atom. The monoisotopic (exact) mass is 275 g/mol. The van der Waals surface area contributed by atoms with Crippen molar-refractivity contribution in [3.63, 3.8) is 0 Å². The van der Waals surface area contributed by atoms with E-state index in [9.17, 15) is 0 Å². The van der Waals surface area contributed by atoms with E-state index >= 15 is 0 Å². The van der Waals surface area contributed by atoms with Gasteiger partial charge in [-0.15, -0.1) is 0 Å². The van der Waals surface area contributed by atoms with Crippen molar-refractivity contribution in [3.05, 3.63) is 83.9 Å².